The first kappa shape index (κ1) is 15.5. The Hall–Kier alpha value is -1.92. The van der Waals surface area contributed by atoms with E-state index in [2.05, 4.69) is 0 Å². The van der Waals surface area contributed by atoms with E-state index in [1.54, 1.807) is 18.2 Å². The fraction of sp³-hybridized carbons (Fsp3) is 0.200. The van der Waals surface area contributed by atoms with Gasteiger partial charge in [-0.15, -0.1) is 0 Å². The Bertz CT molecular complexity index is 744. The Morgan fingerprint density at radius 3 is 2.52 bits per heavy atom. The van der Waals surface area contributed by atoms with E-state index >= 15 is 0 Å². The van der Waals surface area contributed by atoms with Crippen LogP contribution in [0.15, 0.2) is 47.4 Å². The zero-order chi connectivity index (χ0) is 15.5. The number of ether oxygens (including phenoxy) is 1. The molecule has 0 aliphatic rings. The van der Waals surface area contributed by atoms with E-state index in [9.17, 15) is 12.8 Å². The molecule has 2 N–H and O–H groups in total. The van der Waals surface area contributed by atoms with Gasteiger partial charge in [0.15, 0.2) is 9.84 Å². The van der Waals surface area contributed by atoms with Gasteiger partial charge < -0.3 is 10.5 Å². The van der Waals surface area contributed by atoms with Crippen LogP contribution in [0.25, 0.3) is 0 Å². The van der Waals surface area contributed by atoms with Crippen molar-refractivity contribution in [1.82, 2.24) is 0 Å². The molecule has 112 valence electrons. The number of hydrogen-bond acceptors (Lipinski definition) is 4. The summed E-state index contributed by atoms with van der Waals surface area (Å²) in [7, 11) is -2.23. The fourth-order valence-corrected chi connectivity index (χ4v) is 3.50. The Morgan fingerprint density at radius 2 is 1.90 bits per heavy atom. The Balaban J connectivity index is 2.35. The standard InChI is InChI=1S/C15H16FNO3S/c1-20-14-7-6-11(8-12(14)9-17)10-21(18,19)15-5-3-2-4-13(15)16/h2-8H,9-10,17H2,1H3. The number of hydrogen-bond donors (Lipinski definition) is 1. The Morgan fingerprint density at radius 1 is 1.19 bits per heavy atom. The molecule has 2 rings (SSSR count). The maximum atomic E-state index is 13.6. The summed E-state index contributed by atoms with van der Waals surface area (Å²) in [5, 5.41) is 0. The summed E-state index contributed by atoms with van der Waals surface area (Å²) in [4.78, 5) is -0.296. The molecular formula is C15H16FNO3S. The maximum absolute atomic E-state index is 13.6. The highest BCUT2D eigenvalue weighted by Crippen LogP contribution is 2.23. The van der Waals surface area contributed by atoms with Gasteiger partial charge in [-0.25, -0.2) is 12.8 Å². The lowest BCUT2D eigenvalue weighted by Crippen LogP contribution is -2.08. The SMILES string of the molecule is COc1ccc(CS(=O)(=O)c2ccccc2F)cc1CN. The quantitative estimate of drug-likeness (QED) is 0.920. The smallest absolute Gasteiger partial charge is 0.185 e. The number of benzene rings is 2. The lowest BCUT2D eigenvalue weighted by Gasteiger charge is -2.10. The number of sulfone groups is 1. The van der Waals surface area contributed by atoms with E-state index in [1.165, 1.54) is 25.3 Å². The van der Waals surface area contributed by atoms with Crippen molar-refractivity contribution in [3.8, 4) is 5.75 Å². The second-order valence-corrected chi connectivity index (χ2v) is 6.50. The highest BCUT2D eigenvalue weighted by molar-refractivity contribution is 7.90. The van der Waals surface area contributed by atoms with Gasteiger partial charge >= 0.3 is 0 Å². The zero-order valence-corrected chi connectivity index (χ0v) is 12.4. The first-order valence-electron chi connectivity index (χ1n) is 6.31. The monoisotopic (exact) mass is 309 g/mol. The van der Waals surface area contributed by atoms with E-state index in [-0.39, 0.29) is 17.2 Å². The molecule has 6 heteroatoms. The molecule has 21 heavy (non-hydrogen) atoms. The molecule has 0 spiro atoms. The molecular weight excluding hydrogens is 293 g/mol. The minimum Gasteiger partial charge on any atom is -0.496 e. The van der Waals surface area contributed by atoms with Crippen molar-refractivity contribution in [2.45, 2.75) is 17.2 Å². The minimum absolute atomic E-state index is 0.233. The first-order valence-corrected chi connectivity index (χ1v) is 7.96. The van der Waals surface area contributed by atoms with Crippen LogP contribution in [0.1, 0.15) is 11.1 Å². The number of rotatable bonds is 5. The Kier molecular flexibility index (Phi) is 4.59. The molecule has 0 fully saturated rings. The van der Waals surface area contributed by atoms with Gasteiger partial charge in [0.25, 0.3) is 0 Å². The van der Waals surface area contributed by atoms with E-state index in [1.807, 2.05) is 0 Å². The minimum atomic E-state index is -3.75. The topological polar surface area (TPSA) is 69.4 Å². The molecule has 0 unspecified atom stereocenters. The molecule has 0 aliphatic heterocycles. The summed E-state index contributed by atoms with van der Waals surface area (Å²) in [5.41, 5.74) is 6.85. The normalized spacial score (nSPS) is 11.4. The third kappa shape index (κ3) is 3.40. The van der Waals surface area contributed by atoms with E-state index in [0.29, 0.717) is 16.9 Å². The van der Waals surface area contributed by atoms with Crippen LogP contribution in [0.4, 0.5) is 4.39 Å². The third-order valence-electron chi connectivity index (χ3n) is 3.09. The number of nitrogens with two attached hydrogens (primary N) is 1. The van der Waals surface area contributed by atoms with Crippen LogP contribution in [0.3, 0.4) is 0 Å². The summed E-state index contributed by atoms with van der Waals surface area (Å²) >= 11 is 0. The van der Waals surface area contributed by atoms with Gasteiger partial charge in [0.05, 0.1) is 12.9 Å². The Labute approximate surface area is 123 Å². The van der Waals surface area contributed by atoms with E-state index in [0.717, 1.165) is 6.07 Å². The average molecular weight is 309 g/mol. The van der Waals surface area contributed by atoms with Crippen molar-refractivity contribution >= 4 is 9.84 Å². The summed E-state index contributed by atoms with van der Waals surface area (Å²) < 4.78 is 43.3. The average Bonchev–Trinajstić information content (AvgIpc) is 2.47. The molecule has 0 bridgehead atoms. The van der Waals surface area contributed by atoms with Gasteiger partial charge in [0.2, 0.25) is 0 Å². The molecule has 0 atom stereocenters. The molecule has 2 aromatic rings. The second-order valence-electron chi connectivity index (χ2n) is 4.54. The van der Waals surface area contributed by atoms with Crippen molar-refractivity contribution in [3.05, 3.63) is 59.4 Å². The van der Waals surface area contributed by atoms with Gasteiger partial charge in [-0.3, -0.25) is 0 Å². The van der Waals surface area contributed by atoms with Gasteiger partial charge in [-0.2, -0.15) is 0 Å². The van der Waals surface area contributed by atoms with E-state index < -0.39 is 15.7 Å². The van der Waals surface area contributed by atoms with E-state index in [4.69, 9.17) is 10.5 Å². The molecule has 0 amide bonds. The highest BCUT2D eigenvalue weighted by atomic mass is 32.2. The number of halogens is 1. The van der Waals surface area contributed by atoms with Crippen LogP contribution in [0.5, 0.6) is 5.75 Å². The van der Waals surface area contributed by atoms with Crippen LogP contribution in [-0.2, 0) is 22.1 Å². The summed E-state index contributed by atoms with van der Waals surface area (Å²) in [6.07, 6.45) is 0. The van der Waals surface area contributed by atoms with Crippen molar-refractivity contribution < 1.29 is 17.5 Å². The number of methoxy groups -OCH3 is 1. The van der Waals surface area contributed by atoms with Crippen LogP contribution >= 0.6 is 0 Å². The molecule has 4 nitrogen and oxygen atoms in total. The predicted octanol–water partition coefficient (Wildman–Crippen LogP) is 2.27. The molecule has 0 aromatic heterocycles. The largest absolute Gasteiger partial charge is 0.496 e. The predicted molar refractivity (Wildman–Crippen MR) is 78.2 cm³/mol. The highest BCUT2D eigenvalue weighted by Gasteiger charge is 2.19. The van der Waals surface area contributed by atoms with Crippen molar-refractivity contribution in [2.75, 3.05) is 7.11 Å². The fourth-order valence-electron chi connectivity index (χ4n) is 2.08. The molecule has 0 aliphatic carbocycles. The second kappa shape index (κ2) is 6.24. The van der Waals surface area contributed by atoms with Crippen molar-refractivity contribution in [3.63, 3.8) is 0 Å². The summed E-state index contributed by atoms with van der Waals surface area (Å²) in [6, 6.07) is 10.3. The molecule has 0 saturated carbocycles. The van der Waals surface area contributed by atoms with Crippen molar-refractivity contribution in [1.29, 1.82) is 0 Å². The van der Waals surface area contributed by atoms with Crippen molar-refractivity contribution in [2.24, 2.45) is 5.73 Å². The van der Waals surface area contributed by atoms with Gasteiger partial charge in [0, 0.05) is 12.1 Å². The molecule has 0 radical (unpaired) electrons. The van der Waals surface area contributed by atoms with Crippen LogP contribution in [0, 0.1) is 5.82 Å². The van der Waals surface area contributed by atoms with Crippen LogP contribution in [0.2, 0.25) is 0 Å². The molecule has 0 heterocycles. The first-order chi connectivity index (χ1) is 9.97. The lowest BCUT2D eigenvalue weighted by molar-refractivity contribution is 0.409. The summed E-state index contributed by atoms with van der Waals surface area (Å²) in [6.45, 7) is 0.233. The van der Waals surface area contributed by atoms with Gasteiger partial charge in [-0.1, -0.05) is 18.2 Å². The third-order valence-corrected chi connectivity index (χ3v) is 4.81. The maximum Gasteiger partial charge on any atom is 0.185 e. The molecule has 0 saturated heterocycles. The molecule has 2 aromatic carbocycles. The summed E-state index contributed by atoms with van der Waals surface area (Å²) in [5.74, 6) is -0.431. The van der Waals surface area contributed by atoms with Gasteiger partial charge in [-0.05, 0) is 29.8 Å². The zero-order valence-electron chi connectivity index (χ0n) is 11.5. The lowest BCUT2D eigenvalue weighted by atomic mass is 10.1. The van der Waals surface area contributed by atoms with Crippen LogP contribution in [-0.4, -0.2) is 15.5 Å². The van der Waals surface area contributed by atoms with Crippen LogP contribution < -0.4 is 10.5 Å². The van der Waals surface area contributed by atoms with Gasteiger partial charge in [0.1, 0.15) is 16.5 Å².